The van der Waals surface area contributed by atoms with Gasteiger partial charge in [-0.2, -0.15) is 0 Å². The van der Waals surface area contributed by atoms with Crippen molar-refractivity contribution in [1.82, 2.24) is 15.0 Å². The Bertz CT molecular complexity index is 421. The van der Waals surface area contributed by atoms with Crippen LogP contribution in [-0.2, 0) is 0 Å². The Balaban J connectivity index is 2.52. The number of aromatic amines is 1. The molecule has 2 aromatic heterocycles. The number of aromatic nitrogens is 3. The van der Waals surface area contributed by atoms with Crippen LogP contribution in [0.1, 0.15) is 10.5 Å². The van der Waals surface area contributed by atoms with Gasteiger partial charge in [0.1, 0.15) is 10.7 Å². The Kier molecular flexibility index (Phi) is 1.82. The summed E-state index contributed by atoms with van der Waals surface area (Å²) in [4.78, 5) is 21.7. The second-order valence-electron chi connectivity index (χ2n) is 2.27. The van der Waals surface area contributed by atoms with Crippen molar-refractivity contribution in [3.8, 4) is 10.7 Å². The number of nitrogens with zero attached hydrogens (tertiary/aromatic N) is 2. The number of carboxylic acid groups (broad SMARTS) is 1. The fraction of sp³-hybridized carbons (Fsp3) is 0. The maximum Gasteiger partial charge on any atom is 0.356 e. The number of hydrogen-bond donors (Lipinski definition) is 2. The number of hydrogen-bond acceptors (Lipinski definition) is 4. The van der Waals surface area contributed by atoms with E-state index in [1.54, 1.807) is 12.4 Å². The van der Waals surface area contributed by atoms with E-state index in [0.29, 0.717) is 10.7 Å². The Morgan fingerprint density at radius 1 is 1.54 bits per heavy atom. The average molecular weight is 195 g/mol. The van der Waals surface area contributed by atoms with Crippen LogP contribution in [0.3, 0.4) is 0 Å². The molecule has 0 aliphatic heterocycles. The van der Waals surface area contributed by atoms with E-state index in [2.05, 4.69) is 15.0 Å². The number of carbonyl (C=O) groups is 1. The van der Waals surface area contributed by atoms with Crippen molar-refractivity contribution < 1.29 is 9.90 Å². The van der Waals surface area contributed by atoms with Gasteiger partial charge in [-0.15, -0.1) is 11.3 Å². The lowest BCUT2D eigenvalue weighted by Gasteiger charge is -1.91. The molecule has 0 aromatic carbocycles. The average Bonchev–Trinajstić information content (AvgIpc) is 2.74. The lowest BCUT2D eigenvalue weighted by atomic mass is 10.3. The fourth-order valence-corrected chi connectivity index (χ4v) is 1.69. The maximum absolute atomic E-state index is 10.7. The summed E-state index contributed by atoms with van der Waals surface area (Å²) in [6, 6.07) is 0. The van der Waals surface area contributed by atoms with E-state index in [1.807, 2.05) is 0 Å². The number of imidazole rings is 1. The first-order valence-corrected chi connectivity index (χ1v) is 4.33. The Labute approximate surface area is 77.1 Å². The molecule has 2 rings (SSSR count). The molecule has 0 fully saturated rings. The van der Waals surface area contributed by atoms with Crippen LogP contribution in [0.4, 0.5) is 0 Å². The van der Waals surface area contributed by atoms with Crippen LogP contribution in [0.15, 0.2) is 17.9 Å². The SMILES string of the molecule is O=C(O)c1ncsc1-c1ncc[nH]1. The highest BCUT2D eigenvalue weighted by Crippen LogP contribution is 2.23. The third-order valence-electron chi connectivity index (χ3n) is 1.48. The van der Waals surface area contributed by atoms with Gasteiger partial charge in [0.2, 0.25) is 0 Å². The topological polar surface area (TPSA) is 78.9 Å². The predicted octanol–water partition coefficient (Wildman–Crippen LogP) is 1.23. The number of aromatic carboxylic acids is 1. The minimum Gasteiger partial charge on any atom is -0.476 e. The van der Waals surface area contributed by atoms with Gasteiger partial charge in [-0.3, -0.25) is 0 Å². The highest BCUT2D eigenvalue weighted by molar-refractivity contribution is 7.13. The minimum absolute atomic E-state index is 0.0416. The number of H-pyrrole nitrogens is 1. The largest absolute Gasteiger partial charge is 0.476 e. The number of carboxylic acids is 1. The van der Waals surface area contributed by atoms with Gasteiger partial charge >= 0.3 is 5.97 Å². The Hall–Kier alpha value is -1.69. The van der Waals surface area contributed by atoms with E-state index in [1.165, 1.54) is 16.8 Å². The molecular formula is C7H5N3O2S. The van der Waals surface area contributed by atoms with Crippen LogP contribution in [0.2, 0.25) is 0 Å². The molecule has 0 aliphatic carbocycles. The first-order valence-electron chi connectivity index (χ1n) is 3.45. The van der Waals surface area contributed by atoms with E-state index < -0.39 is 5.97 Å². The number of nitrogens with one attached hydrogen (secondary N) is 1. The van der Waals surface area contributed by atoms with E-state index >= 15 is 0 Å². The summed E-state index contributed by atoms with van der Waals surface area (Å²) >= 11 is 1.25. The highest BCUT2D eigenvalue weighted by atomic mass is 32.1. The molecule has 5 nitrogen and oxygen atoms in total. The lowest BCUT2D eigenvalue weighted by molar-refractivity contribution is 0.0692. The molecule has 0 unspecified atom stereocenters. The smallest absolute Gasteiger partial charge is 0.356 e. The Morgan fingerprint density at radius 3 is 3.00 bits per heavy atom. The van der Waals surface area contributed by atoms with Gasteiger partial charge in [0.25, 0.3) is 0 Å². The summed E-state index contributed by atoms with van der Waals surface area (Å²) in [5.74, 6) is -0.493. The quantitative estimate of drug-likeness (QED) is 0.755. The molecule has 0 saturated carbocycles. The molecule has 0 saturated heterocycles. The molecule has 0 spiro atoms. The van der Waals surface area contributed by atoms with E-state index in [4.69, 9.17) is 5.11 Å². The summed E-state index contributed by atoms with van der Waals surface area (Å²) in [6.07, 6.45) is 3.21. The zero-order valence-corrected chi connectivity index (χ0v) is 7.21. The molecule has 2 heterocycles. The van der Waals surface area contributed by atoms with Crippen LogP contribution in [0.5, 0.6) is 0 Å². The van der Waals surface area contributed by atoms with Gasteiger partial charge in [-0.05, 0) is 0 Å². The molecule has 0 aliphatic rings. The first kappa shape index (κ1) is 7.93. The van der Waals surface area contributed by atoms with Gasteiger partial charge in [0, 0.05) is 12.4 Å². The molecule has 0 radical (unpaired) electrons. The molecule has 0 amide bonds. The summed E-state index contributed by atoms with van der Waals surface area (Å²) < 4.78 is 0. The summed E-state index contributed by atoms with van der Waals surface area (Å²) in [5, 5.41) is 8.76. The van der Waals surface area contributed by atoms with Crippen molar-refractivity contribution in [2.75, 3.05) is 0 Å². The minimum atomic E-state index is -1.03. The molecule has 66 valence electrons. The molecule has 2 N–H and O–H groups in total. The lowest BCUT2D eigenvalue weighted by Crippen LogP contribution is -1.98. The van der Waals surface area contributed by atoms with Crippen molar-refractivity contribution in [1.29, 1.82) is 0 Å². The monoisotopic (exact) mass is 195 g/mol. The van der Waals surface area contributed by atoms with E-state index in [-0.39, 0.29) is 5.69 Å². The van der Waals surface area contributed by atoms with Gasteiger partial charge in [0.05, 0.1) is 5.51 Å². The predicted molar refractivity (Wildman–Crippen MR) is 46.7 cm³/mol. The van der Waals surface area contributed by atoms with Crippen molar-refractivity contribution >= 4 is 17.3 Å². The van der Waals surface area contributed by atoms with Crippen LogP contribution in [0.25, 0.3) is 10.7 Å². The summed E-state index contributed by atoms with van der Waals surface area (Å²) in [7, 11) is 0. The van der Waals surface area contributed by atoms with Gasteiger partial charge in [-0.25, -0.2) is 14.8 Å². The standard InChI is InChI=1S/C7H5N3O2S/c11-7(12)4-5(13-3-10-4)6-8-1-2-9-6/h1-3H,(H,8,9)(H,11,12). The van der Waals surface area contributed by atoms with Crippen molar-refractivity contribution in [2.24, 2.45) is 0 Å². The van der Waals surface area contributed by atoms with Crippen molar-refractivity contribution in [3.05, 3.63) is 23.6 Å². The zero-order chi connectivity index (χ0) is 9.26. The van der Waals surface area contributed by atoms with Gasteiger partial charge < -0.3 is 10.1 Å². The number of thiazole rings is 1. The molecule has 2 aromatic rings. The van der Waals surface area contributed by atoms with Crippen LogP contribution < -0.4 is 0 Å². The normalized spacial score (nSPS) is 10.2. The first-order chi connectivity index (χ1) is 6.29. The molecule has 13 heavy (non-hydrogen) atoms. The highest BCUT2D eigenvalue weighted by Gasteiger charge is 2.16. The van der Waals surface area contributed by atoms with Crippen molar-refractivity contribution in [2.45, 2.75) is 0 Å². The summed E-state index contributed by atoms with van der Waals surface area (Å²) in [6.45, 7) is 0. The maximum atomic E-state index is 10.7. The second-order valence-corrected chi connectivity index (χ2v) is 3.13. The summed E-state index contributed by atoms with van der Waals surface area (Å²) in [5.41, 5.74) is 1.53. The molecule has 0 atom stereocenters. The van der Waals surface area contributed by atoms with E-state index in [0.717, 1.165) is 0 Å². The van der Waals surface area contributed by atoms with Crippen molar-refractivity contribution in [3.63, 3.8) is 0 Å². The zero-order valence-electron chi connectivity index (χ0n) is 6.39. The van der Waals surface area contributed by atoms with Crippen LogP contribution in [-0.4, -0.2) is 26.0 Å². The molecular weight excluding hydrogens is 190 g/mol. The van der Waals surface area contributed by atoms with Crippen LogP contribution in [0, 0.1) is 0 Å². The fourth-order valence-electron chi connectivity index (χ4n) is 0.956. The third-order valence-corrected chi connectivity index (χ3v) is 2.32. The Morgan fingerprint density at radius 2 is 2.38 bits per heavy atom. The number of rotatable bonds is 2. The van der Waals surface area contributed by atoms with Gasteiger partial charge in [0.15, 0.2) is 5.69 Å². The van der Waals surface area contributed by atoms with Crippen LogP contribution >= 0.6 is 11.3 Å². The third kappa shape index (κ3) is 1.31. The van der Waals surface area contributed by atoms with Gasteiger partial charge in [-0.1, -0.05) is 0 Å². The molecule has 0 bridgehead atoms. The molecule has 6 heteroatoms. The van der Waals surface area contributed by atoms with E-state index in [9.17, 15) is 4.79 Å². The second kappa shape index (κ2) is 2.98.